The largest absolute Gasteiger partial charge is 0.505 e. The number of carboxylic acids is 1. The van der Waals surface area contributed by atoms with Crippen molar-refractivity contribution in [1.29, 1.82) is 0 Å². The fourth-order valence-electron chi connectivity index (χ4n) is 2.26. The van der Waals surface area contributed by atoms with Crippen LogP contribution in [0, 0.1) is 0 Å². The predicted molar refractivity (Wildman–Crippen MR) is 107 cm³/mol. The molecule has 3 rings (SSSR count). The van der Waals surface area contributed by atoms with Crippen LogP contribution in [0.2, 0.25) is 10.0 Å². The number of halogens is 2. The Kier molecular flexibility index (Phi) is 5.46. The molecule has 0 atom stereocenters. The molecule has 0 unspecified atom stereocenters. The van der Waals surface area contributed by atoms with Crippen LogP contribution in [0.4, 0.5) is 5.69 Å². The molecule has 1 fully saturated rings. The number of phenols is 1. The number of hydrogen-bond acceptors (Lipinski definition) is 5. The third-order valence-corrected chi connectivity index (χ3v) is 5.32. The van der Waals surface area contributed by atoms with Crippen molar-refractivity contribution in [3.63, 3.8) is 0 Å². The van der Waals surface area contributed by atoms with Gasteiger partial charge in [0.2, 0.25) is 0 Å². The van der Waals surface area contributed by atoms with E-state index in [0.29, 0.717) is 21.3 Å². The van der Waals surface area contributed by atoms with Crippen molar-refractivity contribution in [3.05, 3.63) is 62.5 Å². The number of thioether (sulfide) groups is 1. The lowest BCUT2D eigenvalue weighted by Gasteiger charge is -2.07. The number of rotatable bonds is 3. The minimum atomic E-state index is -1.02. The molecule has 0 spiro atoms. The predicted octanol–water partition coefficient (Wildman–Crippen LogP) is 4.63. The fraction of sp³-hybridized carbons (Fsp3) is 0.0556. The summed E-state index contributed by atoms with van der Waals surface area (Å²) in [4.78, 5) is 29.6. The number of aromatic hydroxyl groups is 1. The molecular weight excluding hydrogens is 411 g/mol. The van der Waals surface area contributed by atoms with Crippen LogP contribution in [-0.4, -0.2) is 39.2 Å². The summed E-state index contributed by atoms with van der Waals surface area (Å²) in [7, 11) is 1.59. The lowest BCUT2D eigenvalue weighted by atomic mass is 10.2. The third kappa shape index (κ3) is 4.10. The van der Waals surface area contributed by atoms with Crippen LogP contribution in [0.15, 0.2) is 46.3 Å². The van der Waals surface area contributed by atoms with Crippen molar-refractivity contribution in [2.75, 3.05) is 7.05 Å². The first-order valence-electron chi connectivity index (χ1n) is 7.54. The summed E-state index contributed by atoms with van der Waals surface area (Å²) in [6.45, 7) is 0. The number of carbonyl (C=O) groups excluding carboxylic acids is 1. The minimum Gasteiger partial charge on any atom is -0.505 e. The van der Waals surface area contributed by atoms with Gasteiger partial charge in [-0.2, -0.15) is 0 Å². The molecule has 2 aromatic rings. The Balaban J connectivity index is 1.89. The van der Waals surface area contributed by atoms with Crippen molar-refractivity contribution in [3.8, 4) is 5.75 Å². The van der Waals surface area contributed by atoms with E-state index in [4.69, 9.17) is 28.3 Å². The lowest BCUT2D eigenvalue weighted by molar-refractivity contribution is -0.121. The highest BCUT2D eigenvalue weighted by Gasteiger charge is 2.30. The number of phenolic OH excluding ortho intramolecular Hbond substituents is 1. The molecule has 1 heterocycles. The van der Waals surface area contributed by atoms with E-state index in [1.165, 1.54) is 40.9 Å². The van der Waals surface area contributed by atoms with Gasteiger partial charge in [0.15, 0.2) is 10.9 Å². The summed E-state index contributed by atoms with van der Waals surface area (Å²) in [5.74, 6) is -1.48. The van der Waals surface area contributed by atoms with Gasteiger partial charge in [0.05, 0.1) is 26.2 Å². The Morgan fingerprint density at radius 2 is 1.78 bits per heavy atom. The minimum absolute atomic E-state index is 0.0885. The monoisotopic (exact) mass is 422 g/mol. The zero-order valence-corrected chi connectivity index (χ0v) is 16.1. The van der Waals surface area contributed by atoms with Gasteiger partial charge in [0.1, 0.15) is 0 Å². The second-order valence-electron chi connectivity index (χ2n) is 5.55. The molecule has 138 valence electrons. The molecule has 27 heavy (non-hydrogen) atoms. The number of carboxylic acid groups (broad SMARTS) is 1. The third-order valence-electron chi connectivity index (χ3n) is 3.68. The van der Waals surface area contributed by atoms with Crippen molar-refractivity contribution >= 4 is 63.8 Å². The zero-order valence-electron chi connectivity index (χ0n) is 13.8. The summed E-state index contributed by atoms with van der Waals surface area (Å²) in [6.07, 6.45) is 1.61. The normalized spacial score (nSPS) is 17.1. The number of nitrogens with zero attached hydrogens (tertiary/aromatic N) is 2. The summed E-state index contributed by atoms with van der Waals surface area (Å²) >= 11 is 13.0. The summed E-state index contributed by atoms with van der Waals surface area (Å²) in [5, 5.41) is 19.2. The van der Waals surface area contributed by atoms with Gasteiger partial charge in [-0.15, -0.1) is 0 Å². The van der Waals surface area contributed by atoms with Gasteiger partial charge >= 0.3 is 5.97 Å². The second-order valence-corrected chi connectivity index (χ2v) is 7.38. The molecule has 2 aromatic carbocycles. The summed E-state index contributed by atoms with van der Waals surface area (Å²) in [5.41, 5.74) is 1.25. The highest BCUT2D eigenvalue weighted by molar-refractivity contribution is 8.18. The van der Waals surface area contributed by atoms with Gasteiger partial charge < -0.3 is 10.2 Å². The standard InChI is InChI=1S/C18H12Cl2N2O4S/c1-22-16(24)14(8-9-6-12(19)15(23)13(20)7-9)27-18(22)21-11-4-2-10(3-5-11)17(25)26/h2-8,23H,1H3,(H,25,26)/b14-8-,21-18?. The van der Waals surface area contributed by atoms with Crippen LogP contribution in [0.5, 0.6) is 5.75 Å². The first kappa shape index (κ1) is 19.3. The molecule has 2 N–H and O–H groups in total. The smallest absolute Gasteiger partial charge is 0.335 e. The summed E-state index contributed by atoms with van der Waals surface area (Å²) < 4.78 is 0. The first-order valence-corrected chi connectivity index (χ1v) is 9.11. The number of carbonyl (C=O) groups is 2. The number of amides is 1. The molecule has 1 aliphatic heterocycles. The average molecular weight is 423 g/mol. The van der Waals surface area contributed by atoms with Crippen LogP contribution < -0.4 is 0 Å². The van der Waals surface area contributed by atoms with E-state index < -0.39 is 5.97 Å². The van der Waals surface area contributed by atoms with Crippen molar-refractivity contribution in [2.45, 2.75) is 0 Å². The Morgan fingerprint density at radius 1 is 1.19 bits per heavy atom. The molecule has 0 aromatic heterocycles. The van der Waals surface area contributed by atoms with Gasteiger partial charge in [0.25, 0.3) is 5.91 Å². The Labute approximate surface area is 168 Å². The maximum absolute atomic E-state index is 12.5. The molecule has 1 saturated heterocycles. The molecule has 6 nitrogen and oxygen atoms in total. The number of amidine groups is 1. The van der Waals surface area contributed by atoms with E-state index in [1.54, 1.807) is 25.3 Å². The fourth-order valence-corrected chi connectivity index (χ4v) is 3.75. The van der Waals surface area contributed by atoms with E-state index in [-0.39, 0.29) is 27.3 Å². The number of aromatic carboxylic acids is 1. The van der Waals surface area contributed by atoms with E-state index in [1.807, 2.05) is 0 Å². The number of hydrogen-bond donors (Lipinski definition) is 2. The Morgan fingerprint density at radius 3 is 2.33 bits per heavy atom. The molecule has 0 bridgehead atoms. The van der Waals surface area contributed by atoms with Crippen LogP contribution in [-0.2, 0) is 4.79 Å². The van der Waals surface area contributed by atoms with E-state index in [0.717, 1.165) is 0 Å². The van der Waals surface area contributed by atoms with Crippen LogP contribution in [0.25, 0.3) is 6.08 Å². The molecule has 0 aliphatic carbocycles. The molecule has 1 aliphatic rings. The molecule has 0 radical (unpaired) electrons. The molecule has 0 saturated carbocycles. The number of benzene rings is 2. The van der Waals surface area contributed by atoms with Gasteiger partial charge in [0, 0.05) is 7.05 Å². The quantitative estimate of drug-likeness (QED) is 0.703. The molecule has 1 amide bonds. The molecular formula is C18H12Cl2N2O4S. The van der Waals surface area contributed by atoms with E-state index in [2.05, 4.69) is 4.99 Å². The van der Waals surface area contributed by atoms with Gasteiger partial charge in [-0.1, -0.05) is 23.2 Å². The second kappa shape index (κ2) is 7.64. The maximum Gasteiger partial charge on any atom is 0.335 e. The first-order chi connectivity index (χ1) is 12.8. The highest BCUT2D eigenvalue weighted by Crippen LogP contribution is 2.36. The lowest BCUT2D eigenvalue weighted by Crippen LogP contribution is -2.23. The Bertz CT molecular complexity index is 980. The van der Waals surface area contributed by atoms with E-state index in [9.17, 15) is 14.7 Å². The topological polar surface area (TPSA) is 90.2 Å². The number of likely N-dealkylation sites (N-methyl/N-ethyl adjacent to an activating group) is 1. The highest BCUT2D eigenvalue weighted by atomic mass is 35.5. The van der Waals surface area contributed by atoms with Crippen molar-refractivity contribution in [1.82, 2.24) is 4.90 Å². The van der Waals surface area contributed by atoms with E-state index >= 15 is 0 Å². The SMILES string of the molecule is CN1C(=O)/C(=C/c2cc(Cl)c(O)c(Cl)c2)SC1=Nc1ccc(C(=O)O)cc1. The van der Waals surface area contributed by atoms with Crippen LogP contribution in [0.3, 0.4) is 0 Å². The number of aliphatic imine (C=N–C) groups is 1. The van der Waals surface area contributed by atoms with Crippen molar-refractivity contribution < 1.29 is 19.8 Å². The summed E-state index contributed by atoms with van der Waals surface area (Å²) in [6, 6.07) is 9.03. The van der Waals surface area contributed by atoms with Crippen molar-refractivity contribution in [2.24, 2.45) is 4.99 Å². The maximum atomic E-state index is 12.5. The average Bonchev–Trinajstić information content (AvgIpc) is 2.88. The zero-order chi connectivity index (χ0) is 19.7. The molecule has 9 heteroatoms. The van der Waals surface area contributed by atoms with Gasteiger partial charge in [-0.25, -0.2) is 9.79 Å². The Hall–Kier alpha value is -2.48. The van der Waals surface area contributed by atoms with Crippen LogP contribution >= 0.6 is 35.0 Å². The van der Waals surface area contributed by atoms with Gasteiger partial charge in [-0.05, 0) is 59.8 Å². The van der Waals surface area contributed by atoms with Gasteiger partial charge in [-0.3, -0.25) is 9.69 Å². The van der Waals surface area contributed by atoms with Crippen LogP contribution in [0.1, 0.15) is 15.9 Å².